The van der Waals surface area contributed by atoms with Gasteiger partial charge in [0.2, 0.25) is 0 Å². The minimum atomic E-state index is -0.851. The summed E-state index contributed by atoms with van der Waals surface area (Å²) in [6.07, 6.45) is 3.67. The monoisotopic (exact) mass is 267 g/mol. The number of hydrogen-bond donors (Lipinski definition) is 2. The Hall–Kier alpha value is -1.85. The largest absolute Gasteiger partial charge is 0.481 e. The fourth-order valence-corrected chi connectivity index (χ4v) is 1.72. The van der Waals surface area contributed by atoms with Crippen molar-refractivity contribution in [1.82, 2.24) is 9.55 Å². The molecule has 0 aliphatic rings. The van der Waals surface area contributed by atoms with E-state index >= 15 is 0 Å². The van der Waals surface area contributed by atoms with Crippen LogP contribution in [0.4, 0.5) is 5.82 Å². The third-order valence-electron chi connectivity index (χ3n) is 2.84. The maximum atomic E-state index is 12.1. The van der Waals surface area contributed by atoms with Crippen molar-refractivity contribution in [1.29, 1.82) is 0 Å². The van der Waals surface area contributed by atoms with E-state index in [1.807, 2.05) is 27.7 Å². The van der Waals surface area contributed by atoms with Crippen LogP contribution in [0.2, 0.25) is 0 Å². The van der Waals surface area contributed by atoms with Crippen LogP contribution in [0.3, 0.4) is 0 Å². The third-order valence-corrected chi connectivity index (χ3v) is 2.84. The van der Waals surface area contributed by atoms with E-state index in [1.165, 1.54) is 0 Å². The molecule has 6 heteroatoms. The van der Waals surface area contributed by atoms with Gasteiger partial charge < -0.3 is 15.0 Å². The number of rotatable bonds is 6. The molecular formula is C13H21N3O3. The molecule has 0 aliphatic heterocycles. The first kappa shape index (κ1) is 15.2. The molecule has 0 amide bonds. The lowest BCUT2D eigenvalue weighted by molar-refractivity contribution is -0.137. The van der Waals surface area contributed by atoms with Gasteiger partial charge in [0, 0.05) is 30.4 Å². The summed E-state index contributed by atoms with van der Waals surface area (Å²) in [5.41, 5.74) is -0.693. The lowest BCUT2D eigenvalue weighted by atomic mass is 9.98. The summed E-state index contributed by atoms with van der Waals surface area (Å²) < 4.78 is 1.59. The van der Waals surface area contributed by atoms with E-state index in [9.17, 15) is 9.59 Å². The maximum absolute atomic E-state index is 12.1. The van der Waals surface area contributed by atoms with Crippen molar-refractivity contribution >= 4 is 11.8 Å². The van der Waals surface area contributed by atoms with Crippen LogP contribution < -0.4 is 10.9 Å². The van der Waals surface area contributed by atoms with Gasteiger partial charge in [-0.2, -0.15) is 0 Å². The van der Waals surface area contributed by atoms with Crippen molar-refractivity contribution < 1.29 is 9.90 Å². The number of anilines is 1. The molecule has 0 unspecified atom stereocenters. The summed E-state index contributed by atoms with van der Waals surface area (Å²) >= 11 is 0. The quantitative estimate of drug-likeness (QED) is 0.822. The number of nitrogens with zero attached hydrogens (tertiary/aromatic N) is 2. The van der Waals surface area contributed by atoms with Crippen LogP contribution in [0.15, 0.2) is 17.2 Å². The van der Waals surface area contributed by atoms with Crippen LogP contribution in [-0.4, -0.2) is 26.2 Å². The average Bonchev–Trinajstić information content (AvgIpc) is 2.29. The molecule has 0 atom stereocenters. The lowest BCUT2D eigenvalue weighted by Crippen LogP contribution is -2.36. The summed E-state index contributed by atoms with van der Waals surface area (Å²) in [4.78, 5) is 26.8. The minimum Gasteiger partial charge on any atom is -0.481 e. The van der Waals surface area contributed by atoms with E-state index in [4.69, 9.17) is 5.11 Å². The fourth-order valence-electron chi connectivity index (χ4n) is 1.72. The van der Waals surface area contributed by atoms with Crippen LogP contribution >= 0.6 is 0 Å². The Morgan fingerprint density at radius 2 is 2.16 bits per heavy atom. The second-order valence-electron chi connectivity index (χ2n) is 5.48. The van der Waals surface area contributed by atoms with Gasteiger partial charge in [0.15, 0.2) is 5.82 Å². The Morgan fingerprint density at radius 1 is 1.53 bits per heavy atom. The summed E-state index contributed by atoms with van der Waals surface area (Å²) in [5, 5.41) is 11.7. The van der Waals surface area contributed by atoms with Gasteiger partial charge in [0.25, 0.3) is 5.56 Å². The predicted molar refractivity (Wildman–Crippen MR) is 73.5 cm³/mol. The molecule has 0 saturated carbocycles. The summed E-state index contributed by atoms with van der Waals surface area (Å²) in [6, 6.07) is 0.0539. The molecular weight excluding hydrogens is 246 g/mol. The van der Waals surface area contributed by atoms with Crippen molar-refractivity contribution in [2.24, 2.45) is 0 Å². The second-order valence-corrected chi connectivity index (χ2v) is 5.48. The highest BCUT2D eigenvalue weighted by Gasteiger charge is 2.21. The molecule has 1 heterocycles. The SMILES string of the molecule is CC(C)n1ccnc(NC(C)(C)CCC(=O)O)c1=O. The summed E-state index contributed by atoms with van der Waals surface area (Å²) in [7, 11) is 0. The first-order valence-electron chi connectivity index (χ1n) is 6.30. The van der Waals surface area contributed by atoms with Crippen LogP contribution in [0.5, 0.6) is 0 Å². The van der Waals surface area contributed by atoms with Gasteiger partial charge >= 0.3 is 5.97 Å². The topological polar surface area (TPSA) is 84.2 Å². The molecule has 1 aromatic heterocycles. The van der Waals surface area contributed by atoms with Crippen LogP contribution in [0, 0.1) is 0 Å². The molecule has 0 fully saturated rings. The molecule has 6 nitrogen and oxygen atoms in total. The van der Waals surface area contributed by atoms with Crippen molar-refractivity contribution in [2.45, 2.75) is 52.1 Å². The molecule has 2 N–H and O–H groups in total. The van der Waals surface area contributed by atoms with Gasteiger partial charge in [-0.1, -0.05) is 0 Å². The first-order chi connectivity index (χ1) is 8.73. The van der Waals surface area contributed by atoms with Crippen LogP contribution in [-0.2, 0) is 4.79 Å². The molecule has 1 rings (SSSR count). The zero-order chi connectivity index (χ0) is 14.6. The highest BCUT2D eigenvalue weighted by molar-refractivity contribution is 5.66. The molecule has 0 aromatic carbocycles. The Labute approximate surface area is 112 Å². The standard InChI is InChI=1S/C13H21N3O3/c1-9(2)16-8-7-14-11(12(16)19)15-13(3,4)6-5-10(17)18/h7-9H,5-6H2,1-4H3,(H,14,15)(H,17,18). The van der Waals surface area contributed by atoms with E-state index in [1.54, 1.807) is 17.0 Å². The Bertz CT molecular complexity index is 506. The highest BCUT2D eigenvalue weighted by atomic mass is 16.4. The molecule has 0 radical (unpaired) electrons. The summed E-state index contributed by atoms with van der Waals surface area (Å²) in [5.74, 6) is -0.595. The number of aliphatic carboxylic acids is 1. The highest BCUT2D eigenvalue weighted by Crippen LogP contribution is 2.16. The van der Waals surface area contributed by atoms with Gasteiger partial charge in [0.1, 0.15) is 0 Å². The van der Waals surface area contributed by atoms with E-state index in [2.05, 4.69) is 10.3 Å². The van der Waals surface area contributed by atoms with Crippen molar-refractivity contribution in [3.63, 3.8) is 0 Å². The number of carbonyl (C=O) groups is 1. The van der Waals surface area contributed by atoms with E-state index in [0.717, 1.165) is 0 Å². The van der Waals surface area contributed by atoms with Gasteiger partial charge in [-0.25, -0.2) is 4.98 Å². The predicted octanol–water partition coefficient (Wildman–Crippen LogP) is 1.88. The fraction of sp³-hybridized carbons (Fsp3) is 0.615. The number of nitrogens with one attached hydrogen (secondary N) is 1. The number of aromatic nitrogens is 2. The van der Waals surface area contributed by atoms with Crippen molar-refractivity contribution in [2.75, 3.05) is 5.32 Å². The summed E-state index contributed by atoms with van der Waals surface area (Å²) in [6.45, 7) is 7.54. The second kappa shape index (κ2) is 5.86. The Kier molecular flexibility index (Phi) is 4.69. The van der Waals surface area contributed by atoms with Gasteiger partial charge in [0.05, 0.1) is 0 Å². The smallest absolute Gasteiger partial charge is 0.303 e. The maximum Gasteiger partial charge on any atom is 0.303 e. The zero-order valence-corrected chi connectivity index (χ0v) is 11.8. The molecule has 1 aromatic rings. The average molecular weight is 267 g/mol. The minimum absolute atomic E-state index is 0.0468. The van der Waals surface area contributed by atoms with E-state index in [-0.39, 0.29) is 23.8 Å². The molecule has 106 valence electrons. The number of hydrogen-bond acceptors (Lipinski definition) is 4. The van der Waals surface area contributed by atoms with Crippen LogP contribution in [0.1, 0.15) is 46.6 Å². The normalized spacial score (nSPS) is 11.6. The zero-order valence-electron chi connectivity index (χ0n) is 11.8. The molecule has 19 heavy (non-hydrogen) atoms. The van der Waals surface area contributed by atoms with Gasteiger partial charge in [-0.15, -0.1) is 0 Å². The number of carboxylic acids is 1. The molecule has 0 saturated heterocycles. The van der Waals surface area contributed by atoms with E-state index < -0.39 is 11.5 Å². The first-order valence-corrected chi connectivity index (χ1v) is 6.30. The van der Waals surface area contributed by atoms with Crippen molar-refractivity contribution in [3.8, 4) is 0 Å². The van der Waals surface area contributed by atoms with Crippen molar-refractivity contribution in [3.05, 3.63) is 22.7 Å². The van der Waals surface area contributed by atoms with Crippen LogP contribution in [0.25, 0.3) is 0 Å². The van der Waals surface area contributed by atoms with Gasteiger partial charge in [-0.05, 0) is 34.1 Å². The van der Waals surface area contributed by atoms with E-state index in [0.29, 0.717) is 6.42 Å². The molecule has 0 aliphatic carbocycles. The lowest BCUT2D eigenvalue weighted by Gasteiger charge is -2.26. The number of carboxylic acid groups (broad SMARTS) is 1. The Morgan fingerprint density at radius 3 is 2.68 bits per heavy atom. The Balaban J connectivity index is 2.90. The molecule has 0 bridgehead atoms. The molecule has 0 spiro atoms. The van der Waals surface area contributed by atoms with Gasteiger partial charge in [-0.3, -0.25) is 9.59 Å². The third kappa shape index (κ3) is 4.39.